The van der Waals surface area contributed by atoms with Crippen molar-refractivity contribution in [1.82, 2.24) is 0 Å². The minimum Gasteiger partial charge on any atom is -0.0807 e. The minimum atomic E-state index is 1.12. The predicted octanol–water partition coefficient (Wildman–Crippen LogP) is 4.50. The molecular formula is C23H20. The lowest BCUT2D eigenvalue weighted by Gasteiger charge is -2.13. The smallest absolute Gasteiger partial charge is 0.00170 e. The Kier molecular flexibility index (Phi) is 2.91. The maximum atomic E-state index is 2.48. The summed E-state index contributed by atoms with van der Waals surface area (Å²) in [6.07, 6.45) is 11.1. The minimum absolute atomic E-state index is 1.12. The van der Waals surface area contributed by atoms with Crippen molar-refractivity contribution in [2.75, 3.05) is 0 Å². The maximum absolute atomic E-state index is 2.48. The van der Waals surface area contributed by atoms with E-state index in [1.807, 2.05) is 0 Å². The Morgan fingerprint density at radius 3 is 2.57 bits per heavy atom. The highest BCUT2D eigenvalue weighted by Crippen LogP contribution is 2.43. The first-order chi connectivity index (χ1) is 11.4. The lowest BCUT2D eigenvalue weighted by molar-refractivity contribution is 0.798. The van der Waals surface area contributed by atoms with E-state index in [2.05, 4.69) is 60.7 Å². The standard InChI is InChI=1S/C23H20/c1-2-6-16(7-3-1)18-11-10-17-12-13-21-20-9-5-4-8-19(20)15-23(21)22(17)14-18/h1-3,6-8,10-12,14H,4-5,9,13,15H2. The Morgan fingerprint density at radius 1 is 0.739 bits per heavy atom. The quantitative estimate of drug-likeness (QED) is 0.727. The second kappa shape index (κ2) is 5.09. The third-order valence-corrected chi connectivity index (χ3v) is 5.52. The summed E-state index contributed by atoms with van der Waals surface area (Å²) in [5, 5.41) is 2.89. The van der Waals surface area contributed by atoms with Gasteiger partial charge in [-0.05, 0) is 82.0 Å². The van der Waals surface area contributed by atoms with Crippen LogP contribution in [0.2, 0.25) is 0 Å². The predicted molar refractivity (Wildman–Crippen MR) is 97.2 cm³/mol. The number of rotatable bonds is 1. The van der Waals surface area contributed by atoms with Gasteiger partial charge in [-0.3, -0.25) is 0 Å². The van der Waals surface area contributed by atoms with Crippen LogP contribution in [0.3, 0.4) is 0 Å². The van der Waals surface area contributed by atoms with E-state index in [9.17, 15) is 0 Å². The highest BCUT2D eigenvalue weighted by Gasteiger charge is 2.26. The molecule has 0 nitrogen and oxygen atoms in total. The molecule has 0 bridgehead atoms. The van der Waals surface area contributed by atoms with Gasteiger partial charge in [0.05, 0.1) is 0 Å². The fourth-order valence-corrected chi connectivity index (χ4v) is 4.36. The lowest BCUT2D eigenvalue weighted by atomic mass is 9.91. The molecule has 0 spiro atoms. The Morgan fingerprint density at radius 2 is 1.65 bits per heavy atom. The van der Waals surface area contributed by atoms with E-state index in [0.29, 0.717) is 0 Å². The van der Waals surface area contributed by atoms with Crippen LogP contribution < -0.4 is 10.4 Å². The number of benzene rings is 2. The van der Waals surface area contributed by atoms with Crippen LogP contribution in [0.15, 0.2) is 71.3 Å². The number of hydrogen-bond donors (Lipinski definition) is 0. The summed E-state index contributed by atoms with van der Waals surface area (Å²) in [6.45, 7) is 0. The fourth-order valence-electron chi connectivity index (χ4n) is 4.36. The zero-order chi connectivity index (χ0) is 15.2. The second-order valence-corrected chi connectivity index (χ2v) is 6.81. The van der Waals surface area contributed by atoms with Crippen LogP contribution in [0.25, 0.3) is 22.8 Å². The SMILES string of the molecule is C1=C2CC3=c4cc(-c5ccccc5)ccc4=CCC3=C2CCC1. The highest BCUT2D eigenvalue weighted by molar-refractivity contribution is 5.81. The zero-order valence-corrected chi connectivity index (χ0v) is 13.3. The van der Waals surface area contributed by atoms with Crippen LogP contribution in [-0.2, 0) is 0 Å². The monoisotopic (exact) mass is 296 g/mol. The van der Waals surface area contributed by atoms with Crippen LogP contribution in [0.1, 0.15) is 32.1 Å². The number of fused-ring (bicyclic) bond motifs is 3. The molecule has 0 saturated heterocycles. The van der Waals surface area contributed by atoms with Crippen molar-refractivity contribution in [3.63, 3.8) is 0 Å². The molecule has 0 aliphatic heterocycles. The molecule has 3 aliphatic rings. The Bertz CT molecular complexity index is 968. The van der Waals surface area contributed by atoms with Gasteiger partial charge in [0.2, 0.25) is 0 Å². The molecule has 0 radical (unpaired) electrons. The van der Waals surface area contributed by atoms with Gasteiger partial charge in [0.25, 0.3) is 0 Å². The van der Waals surface area contributed by atoms with Gasteiger partial charge in [-0.1, -0.05) is 54.6 Å². The van der Waals surface area contributed by atoms with E-state index in [4.69, 9.17) is 0 Å². The largest absolute Gasteiger partial charge is 0.0807 e. The van der Waals surface area contributed by atoms with Gasteiger partial charge >= 0.3 is 0 Å². The average Bonchev–Trinajstić information content (AvgIpc) is 3.01. The summed E-state index contributed by atoms with van der Waals surface area (Å²) >= 11 is 0. The van der Waals surface area contributed by atoms with E-state index in [1.165, 1.54) is 40.8 Å². The van der Waals surface area contributed by atoms with Gasteiger partial charge in [-0.25, -0.2) is 0 Å². The molecule has 112 valence electrons. The van der Waals surface area contributed by atoms with E-state index in [-0.39, 0.29) is 0 Å². The number of allylic oxidation sites excluding steroid dienone is 4. The first kappa shape index (κ1) is 13.1. The summed E-state index contributed by atoms with van der Waals surface area (Å²) < 4.78 is 0. The van der Waals surface area contributed by atoms with Crippen LogP contribution in [0, 0.1) is 0 Å². The fraction of sp³-hybridized carbons (Fsp3) is 0.217. The Balaban J connectivity index is 1.76. The molecule has 0 atom stereocenters. The molecule has 0 unspecified atom stereocenters. The molecular weight excluding hydrogens is 276 g/mol. The second-order valence-electron chi connectivity index (χ2n) is 6.81. The molecule has 2 aromatic rings. The number of hydrogen-bond acceptors (Lipinski definition) is 0. The van der Waals surface area contributed by atoms with E-state index < -0.39 is 0 Å². The van der Waals surface area contributed by atoms with Gasteiger partial charge in [0.1, 0.15) is 0 Å². The van der Waals surface area contributed by atoms with Crippen molar-refractivity contribution >= 4 is 11.6 Å². The molecule has 2 aromatic carbocycles. The van der Waals surface area contributed by atoms with Crippen LogP contribution >= 0.6 is 0 Å². The van der Waals surface area contributed by atoms with Gasteiger partial charge in [0, 0.05) is 0 Å². The molecule has 0 heteroatoms. The summed E-state index contributed by atoms with van der Waals surface area (Å²) in [5.41, 5.74) is 9.16. The normalized spacial score (nSPS) is 18.8. The molecule has 23 heavy (non-hydrogen) atoms. The molecule has 0 heterocycles. The van der Waals surface area contributed by atoms with Crippen molar-refractivity contribution in [3.05, 3.63) is 81.8 Å². The third kappa shape index (κ3) is 2.05. The molecule has 0 amide bonds. The van der Waals surface area contributed by atoms with Crippen molar-refractivity contribution < 1.29 is 0 Å². The Labute approximate surface area is 137 Å². The first-order valence-electron chi connectivity index (χ1n) is 8.71. The highest BCUT2D eigenvalue weighted by atomic mass is 14.3. The van der Waals surface area contributed by atoms with Gasteiger partial charge in [-0.15, -0.1) is 0 Å². The van der Waals surface area contributed by atoms with E-state index >= 15 is 0 Å². The van der Waals surface area contributed by atoms with Crippen molar-refractivity contribution in [3.8, 4) is 11.1 Å². The van der Waals surface area contributed by atoms with E-state index in [1.54, 1.807) is 22.3 Å². The van der Waals surface area contributed by atoms with Gasteiger partial charge in [0.15, 0.2) is 0 Å². The van der Waals surface area contributed by atoms with Crippen molar-refractivity contribution in [1.29, 1.82) is 0 Å². The topological polar surface area (TPSA) is 0 Å². The molecule has 0 aromatic heterocycles. The summed E-state index contributed by atoms with van der Waals surface area (Å²) in [7, 11) is 0. The van der Waals surface area contributed by atoms with Crippen molar-refractivity contribution in [2.24, 2.45) is 0 Å². The van der Waals surface area contributed by atoms with Gasteiger partial charge < -0.3 is 0 Å². The maximum Gasteiger partial charge on any atom is -0.00170 e. The van der Waals surface area contributed by atoms with Gasteiger partial charge in [-0.2, -0.15) is 0 Å². The molecule has 3 aliphatic carbocycles. The average molecular weight is 296 g/mol. The summed E-state index contributed by atoms with van der Waals surface area (Å²) in [5.74, 6) is 0. The molecule has 0 fully saturated rings. The van der Waals surface area contributed by atoms with Crippen LogP contribution in [0.4, 0.5) is 0 Å². The van der Waals surface area contributed by atoms with Crippen LogP contribution in [0.5, 0.6) is 0 Å². The summed E-state index contributed by atoms with van der Waals surface area (Å²) in [4.78, 5) is 0. The zero-order valence-electron chi connectivity index (χ0n) is 13.3. The van der Waals surface area contributed by atoms with Crippen molar-refractivity contribution in [2.45, 2.75) is 32.1 Å². The molecule has 0 N–H and O–H groups in total. The summed E-state index contributed by atoms with van der Waals surface area (Å²) in [6, 6.07) is 17.7. The third-order valence-electron chi connectivity index (χ3n) is 5.52. The first-order valence-corrected chi connectivity index (χ1v) is 8.71. The Hall–Kier alpha value is -2.34. The molecule has 5 rings (SSSR count). The lowest BCUT2D eigenvalue weighted by Crippen LogP contribution is -2.29. The van der Waals surface area contributed by atoms with Crippen LogP contribution in [-0.4, -0.2) is 0 Å². The molecule has 0 saturated carbocycles. The van der Waals surface area contributed by atoms with E-state index in [0.717, 1.165) is 12.8 Å².